The zero-order chi connectivity index (χ0) is 17.2. The van der Waals surface area contributed by atoms with E-state index in [2.05, 4.69) is 54.0 Å². The molecule has 0 bridgehead atoms. The Labute approximate surface area is 149 Å². The van der Waals surface area contributed by atoms with Crippen molar-refractivity contribution in [3.8, 4) is 0 Å². The van der Waals surface area contributed by atoms with Crippen molar-refractivity contribution in [1.29, 1.82) is 0 Å². The minimum atomic E-state index is -0.197. The number of nitrogens with one attached hydrogen (secondary N) is 2. The van der Waals surface area contributed by atoms with E-state index in [0.29, 0.717) is 0 Å². The van der Waals surface area contributed by atoms with Crippen LogP contribution in [0.3, 0.4) is 0 Å². The Morgan fingerprint density at radius 1 is 1.08 bits per heavy atom. The first-order valence-corrected chi connectivity index (χ1v) is 9.48. The Morgan fingerprint density at radius 3 is 2.46 bits per heavy atom. The molecular weight excluding hydrogens is 316 g/mol. The van der Waals surface area contributed by atoms with Crippen molar-refractivity contribution in [1.82, 2.24) is 5.32 Å². The van der Waals surface area contributed by atoms with E-state index in [1.165, 1.54) is 10.5 Å². The first-order valence-electron chi connectivity index (χ1n) is 8.50. The second-order valence-electron chi connectivity index (χ2n) is 5.73. The van der Waals surface area contributed by atoms with Crippen LogP contribution in [0, 0.1) is 0 Å². The molecule has 0 radical (unpaired) electrons. The molecule has 2 N–H and O–H groups in total. The molecule has 0 unspecified atom stereocenters. The number of hydrogen-bond acceptors (Lipinski definition) is 3. The van der Waals surface area contributed by atoms with Crippen LogP contribution < -0.4 is 10.6 Å². The molecule has 2 rings (SSSR count). The molecule has 1 amide bonds. The molecule has 0 heterocycles. The smallest absolute Gasteiger partial charge is 0.241 e. The van der Waals surface area contributed by atoms with Gasteiger partial charge >= 0.3 is 0 Å². The third-order valence-electron chi connectivity index (χ3n) is 3.81. The quantitative estimate of drug-likeness (QED) is 0.526. The Kier molecular flexibility index (Phi) is 7.86. The van der Waals surface area contributed by atoms with E-state index in [4.69, 9.17) is 0 Å². The van der Waals surface area contributed by atoms with Crippen LogP contribution in [0.4, 0.5) is 5.69 Å². The molecule has 0 aliphatic heterocycles. The fraction of sp³-hybridized carbons (Fsp3) is 0.350. The molecule has 4 heteroatoms. The molecule has 0 aromatic heterocycles. The van der Waals surface area contributed by atoms with Crippen LogP contribution in [-0.4, -0.2) is 24.2 Å². The number of amides is 1. The minimum Gasteiger partial charge on any atom is -0.325 e. The number of anilines is 1. The molecular formula is C20H26N2OS. The van der Waals surface area contributed by atoms with Gasteiger partial charge in [-0.2, -0.15) is 0 Å². The summed E-state index contributed by atoms with van der Waals surface area (Å²) in [5.41, 5.74) is 2.13. The van der Waals surface area contributed by atoms with Gasteiger partial charge in [-0.25, -0.2) is 0 Å². The van der Waals surface area contributed by atoms with Crippen LogP contribution in [-0.2, 0) is 11.2 Å². The minimum absolute atomic E-state index is 0.00922. The SMILES string of the molecule is CCc1ccc(NC(=O)[C@H](C)NCCCSc2ccccc2)cc1. The van der Waals surface area contributed by atoms with Gasteiger partial charge in [0.05, 0.1) is 6.04 Å². The summed E-state index contributed by atoms with van der Waals surface area (Å²) in [6.45, 7) is 4.86. The standard InChI is InChI=1S/C20H26N2OS/c1-3-17-10-12-18(13-11-17)22-20(23)16(2)21-14-7-15-24-19-8-5-4-6-9-19/h4-6,8-13,16,21H,3,7,14-15H2,1-2H3,(H,22,23)/t16-/m0/s1. The average molecular weight is 343 g/mol. The first-order chi connectivity index (χ1) is 11.7. The van der Waals surface area contributed by atoms with Crippen LogP contribution in [0.25, 0.3) is 0 Å². The second kappa shape index (κ2) is 10.2. The number of hydrogen-bond donors (Lipinski definition) is 2. The van der Waals surface area contributed by atoms with Crippen LogP contribution in [0.2, 0.25) is 0 Å². The van der Waals surface area contributed by atoms with Gasteiger partial charge in [0.1, 0.15) is 0 Å². The lowest BCUT2D eigenvalue weighted by Gasteiger charge is -2.14. The van der Waals surface area contributed by atoms with Gasteiger partial charge < -0.3 is 10.6 Å². The Balaban J connectivity index is 1.64. The number of carbonyl (C=O) groups excluding carboxylic acids is 1. The maximum Gasteiger partial charge on any atom is 0.241 e. The lowest BCUT2D eigenvalue weighted by molar-refractivity contribution is -0.117. The average Bonchev–Trinajstić information content (AvgIpc) is 2.62. The lowest BCUT2D eigenvalue weighted by atomic mass is 10.1. The van der Waals surface area contributed by atoms with Gasteiger partial charge in [0.15, 0.2) is 0 Å². The molecule has 2 aromatic rings. The highest BCUT2D eigenvalue weighted by Crippen LogP contribution is 2.17. The van der Waals surface area contributed by atoms with Crippen LogP contribution in [0.1, 0.15) is 25.8 Å². The number of carbonyl (C=O) groups is 1. The predicted molar refractivity (Wildman–Crippen MR) is 104 cm³/mol. The fourth-order valence-electron chi connectivity index (χ4n) is 2.26. The summed E-state index contributed by atoms with van der Waals surface area (Å²) in [5, 5.41) is 6.24. The highest BCUT2D eigenvalue weighted by molar-refractivity contribution is 7.99. The molecule has 0 aliphatic rings. The van der Waals surface area contributed by atoms with Gasteiger partial charge in [0, 0.05) is 10.6 Å². The molecule has 0 saturated carbocycles. The van der Waals surface area contributed by atoms with Crippen LogP contribution >= 0.6 is 11.8 Å². The highest BCUT2D eigenvalue weighted by atomic mass is 32.2. The molecule has 0 saturated heterocycles. The maximum absolute atomic E-state index is 12.2. The van der Waals surface area contributed by atoms with E-state index in [0.717, 1.165) is 30.8 Å². The molecule has 128 valence electrons. The van der Waals surface area contributed by atoms with E-state index < -0.39 is 0 Å². The second-order valence-corrected chi connectivity index (χ2v) is 6.90. The highest BCUT2D eigenvalue weighted by Gasteiger charge is 2.11. The Hall–Kier alpha value is -1.78. The third kappa shape index (κ3) is 6.38. The first kappa shape index (κ1) is 18.6. The molecule has 2 aromatic carbocycles. The van der Waals surface area contributed by atoms with Crippen molar-refractivity contribution in [2.24, 2.45) is 0 Å². The molecule has 3 nitrogen and oxygen atoms in total. The monoisotopic (exact) mass is 342 g/mol. The van der Waals surface area contributed by atoms with Crippen molar-refractivity contribution in [2.75, 3.05) is 17.6 Å². The van der Waals surface area contributed by atoms with E-state index in [-0.39, 0.29) is 11.9 Å². The van der Waals surface area contributed by atoms with Crippen molar-refractivity contribution >= 4 is 23.4 Å². The Morgan fingerprint density at radius 2 is 1.79 bits per heavy atom. The summed E-state index contributed by atoms with van der Waals surface area (Å²) in [5.74, 6) is 1.05. The fourth-order valence-corrected chi connectivity index (χ4v) is 3.14. The largest absolute Gasteiger partial charge is 0.325 e. The van der Waals surface area contributed by atoms with Crippen LogP contribution in [0.15, 0.2) is 59.5 Å². The zero-order valence-electron chi connectivity index (χ0n) is 14.4. The van der Waals surface area contributed by atoms with Gasteiger partial charge in [-0.1, -0.05) is 37.3 Å². The molecule has 0 fully saturated rings. The lowest BCUT2D eigenvalue weighted by Crippen LogP contribution is -2.38. The van der Waals surface area contributed by atoms with Gasteiger partial charge in [-0.3, -0.25) is 4.79 Å². The van der Waals surface area contributed by atoms with E-state index in [1.54, 1.807) is 0 Å². The van der Waals surface area contributed by atoms with E-state index in [1.807, 2.05) is 36.9 Å². The third-order valence-corrected chi connectivity index (χ3v) is 4.90. The van der Waals surface area contributed by atoms with E-state index >= 15 is 0 Å². The number of thioether (sulfide) groups is 1. The summed E-state index contributed by atoms with van der Waals surface area (Å²) in [7, 11) is 0. The van der Waals surface area contributed by atoms with Gasteiger partial charge in [0.25, 0.3) is 0 Å². The molecule has 1 atom stereocenters. The topological polar surface area (TPSA) is 41.1 Å². The maximum atomic E-state index is 12.2. The summed E-state index contributed by atoms with van der Waals surface area (Å²) in [6, 6.07) is 18.2. The van der Waals surface area contributed by atoms with E-state index in [9.17, 15) is 4.79 Å². The molecule has 24 heavy (non-hydrogen) atoms. The van der Waals surface area contributed by atoms with Crippen LogP contribution in [0.5, 0.6) is 0 Å². The zero-order valence-corrected chi connectivity index (χ0v) is 15.2. The van der Waals surface area contributed by atoms with Gasteiger partial charge in [-0.05, 0) is 61.9 Å². The van der Waals surface area contributed by atoms with Crippen molar-refractivity contribution < 1.29 is 4.79 Å². The summed E-state index contributed by atoms with van der Waals surface area (Å²) in [6.07, 6.45) is 2.04. The van der Waals surface area contributed by atoms with Gasteiger partial charge in [-0.15, -0.1) is 11.8 Å². The number of aryl methyl sites for hydroxylation is 1. The van der Waals surface area contributed by atoms with Crippen molar-refractivity contribution in [2.45, 2.75) is 37.6 Å². The summed E-state index contributed by atoms with van der Waals surface area (Å²) in [4.78, 5) is 13.5. The number of benzene rings is 2. The predicted octanol–water partition coefficient (Wildman–Crippen LogP) is 4.35. The van der Waals surface area contributed by atoms with Crippen molar-refractivity contribution in [3.63, 3.8) is 0 Å². The normalized spacial score (nSPS) is 11.9. The Bertz CT molecular complexity index is 613. The summed E-state index contributed by atoms with van der Waals surface area (Å²) < 4.78 is 0. The molecule has 0 aliphatic carbocycles. The number of rotatable bonds is 9. The molecule has 0 spiro atoms. The summed E-state index contributed by atoms with van der Waals surface area (Å²) >= 11 is 1.85. The van der Waals surface area contributed by atoms with Gasteiger partial charge in [0.2, 0.25) is 5.91 Å². The van der Waals surface area contributed by atoms with Crippen molar-refractivity contribution in [3.05, 3.63) is 60.2 Å².